The molecular weight excluding hydrogens is 222 g/mol. The lowest BCUT2D eigenvalue weighted by Gasteiger charge is -2.27. The van der Waals surface area contributed by atoms with E-state index < -0.39 is 0 Å². The van der Waals surface area contributed by atoms with Gasteiger partial charge in [-0.15, -0.1) is 11.3 Å². The Morgan fingerprint density at radius 1 is 1.50 bits per heavy atom. The standard InChI is InChI=1S/C11H17N3OS/c1-3-9-13-8(2)10(16-9)11(15)14-6-4-12-5-7-14/h12H,3-7H2,1-2H3. The summed E-state index contributed by atoms with van der Waals surface area (Å²) < 4.78 is 0. The summed E-state index contributed by atoms with van der Waals surface area (Å²) in [5, 5.41) is 4.30. The van der Waals surface area contributed by atoms with E-state index in [-0.39, 0.29) is 5.91 Å². The lowest BCUT2D eigenvalue weighted by atomic mass is 10.3. The highest BCUT2D eigenvalue weighted by Gasteiger charge is 2.22. The monoisotopic (exact) mass is 239 g/mol. The molecule has 2 heterocycles. The van der Waals surface area contributed by atoms with Crippen molar-refractivity contribution in [2.75, 3.05) is 26.2 Å². The smallest absolute Gasteiger partial charge is 0.265 e. The minimum Gasteiger partial charge on any atom is -0.335 e. The third-order valence-corrected chi connectivity index (χ3v) is 4.03. The number of hydrogen-bond donors (Lipinski definition) is 1. The van der Waals surface area contributed by atoms with Crippen LogP contribution in [0.3, 0.4) is 0 Å². The van der Waals surface area contributed by atoms with Crippen molar-refractivity contribution in [3.63, 3.8) is 0 Å². The Bertz CT molecular complexity index is 383. The number of carbonyl (C=O) groups excluding carboxylic acids is 1. The molecule has 16 heavy (non-hydrogen) atoms. The SMILES string of the molecule is CCc1nc(C)c(C(=O)N2CCNCC2)s1. The second kappa shape index (κ2) is 4.93. The highest BCUT2D eigenvalue weighted by atomic mass is 32.1. The van der Waals surface area contributed by atoms with E-state index in [2.05, 4.69) is 17.2 Å². The Morgan fingerprint density at radius 3 is 2.75 bits per heavy atom. The van der Waals surface area contributed by atoms with E-state index in [4.69, 9.17) is 0 Å². The predicted molar refractivity (Wildman–Crippen MR) is 65.0 cm³/mol. The van der Waals surface area contributed by atoms with E-state index in [1.807, 2.05) is 11.8 Å². The number of thiazole rings is 1. The molecule has 0 saturated carbocycles. The van der Waals surface area contributed by atoms with E-state index in [0.717, 1.165) is 48.2 Å². The van der Waals surface area contributed by atoms with Crippen LogP contribution in [-0.2, 0) is 6.42 Å². The molecule has 1 amide bonds. The minimum atomic E-state index is 0.149. The fourth-order valence-corrected chi connectivity index (χ4v) is 2.79. The summed E-state index contributed by atoms with van der Waals surface area (Å²) in [7, 11) is 0. The van der Waals surface area contributed by atoms with E-state index in [0.29, 0.717) is 0 Å². The molecular formula is C11H17N3OS. The van der Waals surface area contributed by atoms with Gasteiger partial charge in [-0.25, -0.2) is 4.98 Å². The molecule has 0 spiro atoms. The Morgan fingerprint density at radius 2 is 2.19 bits per heavy atom. The molecule has 0 unspecified atom stereocenters. The van der Waals surface area contributed by atoms with Crippen LogP contribution in [0.4, 0.5) is 0 Å². The van der Waals surface area contributed by atoms with Crippen LogP contribution < -0.4 is 5.32 Å². The Labute approximate surface area is 99.7 Å². The summed E-state index contributed by atoms with van der Waals surface area (Å²) in [4.78, 5) is 19.4. The topological polar surface area (TPSA) is 45.2 Å². The number of hydrogen-bond acceptors (Lipinski definition) is 4. The highest BCUT2D eigenvalue weighted by molar-refractivity contribution is 7.13. The minimum absolute atomic E-state index is 0.149. The van der Waals surface area contributed by atoms with Gasteiger partial charge in [-0.3, -0.25) is 4.79 Å². The molecule has 1 aromatic heterocycles. The Balaban J connectivity index is 2.15. The Hall–Kier alpha value is -0.940. The first-order chi connectivity index (χ1) is 7.72. The van der Waals surface area contributed by atoms with E-state index >= 15 is 0 Å². The van der Waals surface area contributed by atoms with Gasteiger partial charge in [-0.1, -0.05) is 6.92 Å². The first-order valence-electron chi connectivity index (χ1n) is 5.68. The molecule has 1 aromatic rings. The molecule has 1 aliphatic heterocycles. The zero-order valence-electron chi connectivity index (χ0n) is 9.75. The number of amides is 1. The first kappa shape index (κ1) is 11.5. The van der Waals surface area contributed by atoms with Gasteiger partial charge in [0.1, 0.15) is 4.88 Å². The normalized spacial score (nSPS) is 16.5. The van der Waals surface area contributed by atoms with Crippen LogP contribution in [0, 0.1) is 6.92 Å². The fourth-order valence-electron chi connectivity index (χ4n) is 1.81. The van der Waals surface area contributed by atoms with Gasteiger partial charge in [0.2, 0.25) is 0 Å². The first-order valence-corrected chi connectivity index (χ1v) is 6.50. The number of nitrogens with zero attached hydrogens (tertiary/aromatic N) is 2. The maximum atomic E-state index is 12.2. The highest BCUT2D eigenvalue weighted by Crippen LogP contribution is 2.20. The fraction of sp³-hybridized carbons (Fsp3) is 0.636. The van der Waals surface area contributed by atoms with E-state index in [1.165, 1.54) is 11.3 Å². The second-order valence-corrected chi connectivity index (χ2v) is 5.00. The van der Waals surface area contributed by atoms with Crippen LogP contribution in [0.2, 0.25) is 0 Å². The number of rotatable bonds is 2. The van der Waals surface area contributed by atoms with Crippen LogP contribution in [-0.4, -0.2) is 42.0 Å². The molecule has 4 nitrogen and oxygen atoms in total. The lowest BCUT2D eigenvalue weighted by molar-refractivity contribution is 0.0740. The predicted octanol–water partition coefficient (Wildman–Crippen LogP) is 1.06. The van der Waals surface area contributed by atoms with Gasteiger partial charge in [0.05, 0.1) is 10.7 Å². The van der Waals surface area contributed by atoms with Crippen molar-refractivity contribution < 1.29 is 4.79 Å². The lowest BCUT2D eigenvalue weighted by Crippen LogP contribution is -2.46. The largest absolute Gasteiger partial charge is 0.335 e. The number of piperazine rings is 1. The zero-order chi connectivity index (χ0) is 11.5. The van der Waals surface area contributed by atoms with Crippen molar-refractivity contribution in [2.24, 2.45) is 0 Å². The third-order valence-electron chi connectivity index (χ3n) is 2.74. The average Bonchev–Trinajstić information content (AvgIpc) is 2.71. The summed E-state index contributed by atoms with van der Waals surface area (Å²) in [6.45, 7) is 7.38. The third kappa shape index (κ3) is 2.25. The molecule has 1 aliphatic rings. The van der Waals surface area contributed by atoms with Crippen LogP contribution in [0.25, 0.3) is 0 Å². The Kier molecular flexibility index (Phi) is 3.56. The molecule has 1 fully saturated rings. The molecule has 0 aliphatic carbocycles. The van der Waals surface area contributed by atoms with Gasteiger partial charge in [-0.05, 0) is 13.3 Å². The number of aromatic nitrogens is 1. The summed E-state index contributed by atoms with van der Waals surface area (Å²) in [6.07, 6.45) is 0.903. The molecule has 5 heteroatoms. The van der Waals surface area contributed by atoms with Crippen LogP contribution >= 0.6 is 11.3 Å². The summed E-state index contributed by atoms with van der Waals surface area (Å²) in [6, 6.07) is 0. The number of aryl methyl sites for hydroxylation is 2. The van der Waals surface area contributed by atoms with Crippen molar-refractivity contribution in [2.45, 2.75) is 20.3 Å². The quantitative estimate of drug-likeness (QED) is 0.839. The molecule has 0 aromatic carbocycles. The van der Waals surface area contributed by atoms with Crippen LogP contribution in [0.1, 0.15) is 27.3 Å². The second-order valence-electron chi connectivity index (χ2n) is 3.92. The van der Waals surface area contributed by atoms with Crippen molar-refractivity contribution >= 4 is 17.2 Å². The molecule has 0 bridgehead atoms. The van der Waals surface area contributed by atoms with E-state index in [9.17, 15) is 4.79 Å². The maximum absolute atomic E-state index is 12.2. The number of nitrogens with one attached hydrogen (secondary N) is 1. The van der Waals surface area contributed by atoms with Gasteiger partial charge in [0.15, 0.2) is 0 Å². The molecule has 0 atom stereocenters. The van der Waals surface area contributed by atoms with Gasteiger partial charge in [0.25, 0.3) is 5.91 Å². The van der Waals surface area contributed by atoms with Gasteiger partial charge >= 0.3 is 0 Å². The molecule has 0 radical (unpaired) electrons. The van der Waals surface area contributed by atoms with Crippen LogP contribution in [0.5, 0.6) is 0 Å². The van der Waals surface area contributed by atoms with Crippen molar-refractivity contribution in [3.05, 3.63) is 15.6 Å². The maximum Gasteiger partial charge on any atom is 0.265 e. The summed E-state index contributed by atoms with van der Waals surface area (Å²) in [5.74, 6) is 0.149. The van der Waals surface area contributed by atoms with Crippen molar-refractivity contribution in [1.29, 1.82) is 0 Å². The average molecular weight is 239 g/mol. The van der Waals surface area contributed by atoms with Gasteiger partial charge in [-0.2, -0.15) is 0 Å². The summed E-state index contributed by atoms with van der Waals surface area (Å²) >= 11 is 1.54. The van der Waals surface area contributed by atoms with Crippen molar-refractivity contribution in [1.82, 2.24) is 15.2 Å². The van der Waals surface area contributed by atoms with Crippen molar-refractivity contribution in [3.8, 4) is 0 Å². The zero-order valence-corrected chi connectivity index (χ0v) is 10.6. The van der Waals surface area contributed by atoms with Gasteiger partial charge in [0, 0.05) is 26.2 Å². The van der Waals surface area contributed by atoms with E-state index in [1.54, 1.807) is 0 Å². The number of carbonyl (C=O) groups is 1. The summed E-state index contributed by atoms with van der Waals surface area (Å²) in [5.41, 5.74) is 0.880. The van der Waals surface area contributed by atoms with Gasteiger partial charge < -0.3 is 10.2 Å². The molecule has 1 saturated heterocycles. The molecule has 1 N–H and O–H groups in total. The molecule has 2 rings (SSSR count). The van der Waals surface area contributed by atoms with Crippen LogP contribution in [0.15, 0.2) is 0 Å². The molecule has 88 valence electrons.